The van der Waals surface area contributed by atoms with Crippen LogP contribution in [0.5, 0.6) is 11.6 Å². The first-order chi connectivity index (χ1) is 11.8. The normalized spacial score (nSPS) is 12.5. The van der Waals surface area contributed by atoms with E-state index in [1.165, 1.54) is 19.1 Å². The lowest BCUT2D eigenvalue weighted by molar-refractivity contribution is -0.142. The molecule has 0 saturated heterocycles. The molecule has 0 radical (unpaired) electrons. The number of alkyl halides is 5. The minimum atomic E-state index is -5.16. The number of nitrogens with zero attached hydrogens (tertiary/aromatic N) is 2. The lowest BCUT2D eigenvalue weighted by Gasteiger charge is -2.12. The molecule has 0 spiro atoms. The Hall–Kier alpha value is -2.37. The smallest absolute Gasteiger partial charge is 0.413 e. The van der Waals surface area contributed by atoms with Crippen molar-refractivity contribution < 1.29 is 39.3 Å². The highest BCUT2D eigenvalue weighted by atomic mass is 32.2. The monoisotopic (exact) mass is 400 g/mol. The van der Waals surface area contributed by atoms with Gasteiger partial charge in [0.05, 0.1) is 0 Å². The predicted molar refractivity (Wildman–Crippen MR) is 78.6 cm³/mol. The van der Waals surface area contributed by atoms with Gasteiger partial charge in [0, 0.05) is 7.05 Å². The van der Waals surface area contributed by atoms with Crippen LogP contribution in [0.2, 0.25) is 0 Å². The molecule has 0 aliphatic carbocycles. The molecule has 0 aliphatic heterocycles. The Balaban J connectivity index is 2.59. The molecule has 1 aromatic heterocycles. The number of halogens is 5. The molecule has 0 bridgehead atoms. The molecular weight excluding hydrogens is 387 g/mol. The van der Waals surface area contributed by atoms with Gasteiger partial charge in [0.25, 0.3) is 5.88 Å². The molecule has 2 rings (SSSR count). The van der Waals surface area contributed by atoms with E-state index in [-0.39, 0.29) is 5.56 Å². The third-order valence-corrected chi connectivity index (χ3v) is 4.60. The summed E-state index contributed by atoms with van der Waals surface area (Å²) in [6, 6.07) is 4.02. The highest BCUT2D eigenvalue weighted by molar-refractivity contribution is 7.87. The van der Waals surface area contributed by atoms with Gasteiger partial charge >= 0.3 is 22.9 Å². The van der Waals surface area contributed by atoms with Crippen molar-refractivity contribution in [2.45, 2.75) is 31.5 Å². The molecule has 2 aromatic rings. The van der Waals surface area contributed by atoms with Gasteiger partial charge in [-0.25, -0.2) is 4.68 Å². The third-order valence-electron chi connectivity index (χ3n) is 3.22. The largest absolute Gasteiger partial charge is 0.439 e. The summed E-state index contributed by atoms with van der Waals surface area (Å²) in [7, 11) is -3.89. The number of hydrogen-bond acceptors (Lipinski definition) is 5. The number of hydrogen-bond donors (Lipinski definition) is 0. The van der Waals surface area contributed by atoms with E-state index in [0.717, 1.165) is 13.1 Å². The van der Waals surface area contributed by atoms with Gasteiger partial charge in [0.15, 0.2) is 0 Å². The lowest BCUT2D eigenvalue weighted by atomic mass is 10.2. The fourth-order valence-electron chi connectivity index (χ4n) is 2.20. The highest BCUT2D eigenvalue weighted by Crippen LogP contribution is 2.43. The van der Waals surface area contributed by atoms with Crippen molar-refractivity contribution in [2.24, 2.45) is 7.05 Å². The molecule has 1 heterocycles. The maximum atomic E-state index is 13.1. The first-order valence-corrected chi connectivity index (χ1v) is 8.34. The predicted octanol–water partition coefficient (Wildman–Crippen LogP) is 3.42. The molecule has 0 aliphatic rings. The van der Waals surface area contributed by atoms with Gasteiger partial charge in [-0.2, -0.15) is 35.5 Å². The van der Waals surface area contributed by atoms with E-state index in [1.807, 2.05) is 0 Å². The first kappa shape index (κ1) is 19.9. The molecular formula is C14H13F5N2O4S. The van der Waals surface area contributed by atoms with E-state index in [4.69, 9.17) is 0 Å². The van der Waals surface area contributed by atoms with Crippen LogP contribution in [0.25, 0.3) is 0 Å². The zero-order valence-electron chi connectivity index (χ0n) is 13.6. The molecule has 26 heavy (non-hydrogen) atoms. The minimum absolute atomic E-state index is 0.207. The summed E-state index contributed by atoms with van der Waals surface area (Å²) in [5.74, 6) is -2.62. The van der Waals surface area contributed by atoms with Gasteiger partial charge in [-0.15, -0.1) is 0 Å². The Morgan fingerprint density at radius 1 is 1.19 bits per heavy atom. The van der Waals surface area contributed by atoms with E-state index < -0.39 is 45.1 Å². The van der Waals surface area contributed by atoms with E-state index in [1.54, 1.807) is 6.92 Å². The average molecular weight is 400 g/mol. The Morgan fingerprint density at radius 3 is 2.31 bits per heavy atom. The second-order valence-corrected chi connectivity index (χ2v) is 6.80. The van der Waals surface area contributed by atoms with Gasteiger partial charge in [-0.1, -0.05) is 17.7 Å². The van der Waals surface area contributed by atoms with Crippen LogP contribution in [0.3, 0.4) is 0 Å². The molecule has 6 nitrogen and oxygen atoms in total. The van der Waals surface area contributed by atoms with Crippen molar-refractivity contribution >= 4 is 10.1 Å². The van der Waals surface area contributed by atoms with Crippen molar-refractivity contribution in [1.82, 2.24) is 9.78 Å². The average Bonchev–Trinajstić information content (AvgIpc) is 2.74. The van der Waals surface area contributed by atoms with Gasteiger partial charge < -0.3 is 8.92 Å². The Bertz CT molecular complexity index is 922. The number of aromatic nitrogens is 2. The van der Waals surface area contributed by atoms with Gasteiger partial charge in [-0.3, -0.25) is 0 Å². The summed E-state index contributed by atoms with van der Waals surface area (Å²) < 4.78 is 97.9. The maximum absolute atomic E-state index is 13.1. The summed E-state index contributed by atoms with van der Waals surface area (Å²) in [6.07, 6.45) is -5.16. The molecule has 0 amide bonds. The molecule has 0 atom stereocenters. The summed E-state index contributed by atoms with van der Waals surface area (Å²) in [5.41, 5.74) is -0.886. The van der Waals surface area contributed by atoms with Crippen molar-refractivity contribution in [3.8, 4) is 11.6 Å². The van der Waals surface area contributed by atoms with Crippen LogP contribution in [-0.2, 0) is 23.3 Å². The number of ether oxygens (including phenoxy) is 1. The molecule has 12 heteroatoms. The van der Waals surface area contributed by atoms with Crippen molar-refractivity contribution in [3.05, 3.63) is 35.0 Å². The lowest BCUT2D eigenvalue weighted by Crippen LogP contribution is -2.16. The van der Waals surface area contributed by atoms with Gasteiger partial charge in [0.2, 0.25) is 11.4 Å². The van der Waals surface area contributed by atoms with E-state index in [2.05, 4.69) is 14.0 Å². The summed E-state index contributed by atoms with van der Waals surface area (Å²) in [6.45, 7) is -0.423. The SMILES string of the molecule is Cc1ccc(S(=O)(=O)Oc2c(C(F)(F)F)nn(C)c2OC(F)F)c(C)c1. The topological polar surface area (TPSA) is 70.4 Å². The quantitative estimate of drug-likeness (QED) is 0.568. The summed E-state index contributed by atoms with van der Waals surface area (Å²) in [4.78, 5) is -0.414. The van der Waals surface area contributed by atoms with Gasteiger partial charge in [0.1, 0.15) is 4.90 Å². The Labute approximate surface area is 145 Å². The number of aryl methyl sites for hydroxylation is 3. The summed E-state index contributed by atoms with van der Waals surface area (Å²) in [5, 5.41) is 2.99. The van der Waals surface area contributed by atoms with Crippen LogP contribution in [0.15, 0.2) is 23.1 Å². The zero-order chi connectivity index (χ0) is 19.9. The second kappa shape index (κ2) is 6.74. The molecule has 1 aromatic carbocycles. The van der Waals surface area contributed by atoms with Crippen molar-refractivity contribution in [1.29, 1.82) is 0 Å². The Kier molecular flexibility index (Phi) is 5.17. The molecule has 0 unspecified atom stereocenters. The van der Waals surface area contributed by atoms with Crippen LogP contribution < -0.4 is 8.92 Å². The van der Waals surface area contributed by atoms with Crippen LogP contribution in [0.1, 0.15) is 16.8 Å². The van der Waals surface area contributed by atoms with E-state index >= 15 is 0 Å². The highest BCUT2D eigenvalue weighted by Gasteiger charge is 2.43. The maximum Gasteiger partial charge on any atom is 0.439 e. The minimum Gasteiger partial charge on any atom is -0.413 e. The van der Waals surface area contributed by atoms with E-state index in [9.17, 15) is 30.4 Å². The number of rotatable bonds is 5. The fourth-order valence-corrected chi connectivity index (χ4v) is 3.35. The number of benzene rings is 1. The van der Waals surface area contributed by atoms with Crippen LogP contribution in [0, 0.1) is 13.8 Å². The van der Waals surface area contributed by atoms with Crippen molar-refractivity contribution in [2.75, 3.05) is 0 Å². The molecule has 0 fully saturated rings. The van der Waals surface area contributed by atoms with Crippen LogP contribution in [0.4, 0.5) is 22.0 Å². The molecule has 0 saturated carbocycles. The van der Waals surface area contributed by atoms with Crippen LogP contribution in [-0.4, -0.2) is 24.8 Å². The standard InChI is InChI=1S/C14H13F5N2O4S/c1-7-4-5-9(8(2)6-7)26(22,23)25-10-11(14(17,18)19)20-21(3)12(10)24-13(15)16/h4-6,13H,1-3H3. The molecule has 144 valence electrons. The third kappa shape index (κ3) is 4.06. The second-order valence-electron chi connectivity index (χ2n) is 5.29. The van der Waals surface area contributed by atoms with Crippen molar-refractivity contribution in [3.63, 3.8) is 0 Å². The summed E-state index contributed by atoms with van der Waals surface area (Å²) >= 11 is 0. The van der Waals surface area contributed by atoms with E-state index in [0.29, 0.717) is 10.2 Å². The van der Waals surface area contributed by atoms with Crippen LogP contribution >= 0.6 is 0 Å². The Morgan fingerprint density at radius 2 is 1.81 bits per heavy atom. The van der Waals surface area contributed by atoms with Gasteiger partial charge in [-0.05, 0) is 25.5 Å². The first-order valence-electron chi connectivity index (χ1n) is 6.93. The fraction of sp³-hybridized carbons (Fsp3) is 0.357. The molecule has 0 N–H and O–H groups in total. The zero-order valence-corrected chi connectivity index (χ0v) is 14.5.